The summed E-state index contributed by atoms with van der Waals surface area (Å²) >= 11 is 0. The fraction of sp³-hybridized carbons (Fsp3) is 0.375. The van der Waals surface area contributed by atoms with E-state index in [1.165, 1.54) is 19.2 Å². The van der Waals surface area contributed by atoms with Gasteiger partial charge in [-0.2, -0.15) is 4.99 Å². The number of benzene rings is 1. The SMILES string of the molecule is C=NC(=Nc1ccc(CNS(C)(=O)=O)cn1)N/C(=C(\C)F)c1cc(F)c2c(c1)N(C(C)CC)CCO2. The second-order valence-corrected chi connectivity index (χ2v) is 10.2. The molecule has 1 atom stereocenters. The fourth-order valence-electron chi connectivity index (χ4n) is 3.61. The van der Waals surface area contributed by atoms with Crippen molar-refractivity contribution in [3.05, 3.63) is 53.2 Å². The van der Waals surface area contributed by atoms with Crippen LogP contribution in [0, 0.1) is 5.82 Å². The van der Waals surface area contributed by atoms with Crippen LogP contribution in [0.2, 0.25) is 0 Å². The van der Waals surface area contributed by atoms with Crippen LogP contribution in [0.1, 0.15) is 38.3 Å². The molecule has 2 aromatic rings. The molecule has 0 aliphatic carbocycles. The maximum Gasteiger partial charge on any atom is 0.228 e. The molecule has 1 aliphatic heterocycles. The molecule has 36 heavy (non-hydrogen) atoms. The minimum Gasteiger partial charge on any atom is -0.486 e. The molecule has 2 N–H and O–H groups in total. The number of rotatable bonds is 8. The van der Waals surface area contributed by atoms with Crippen LogP contribution in [0.3, 0.4) is 0 Å². The molecule has 2 heterocycles. The Morgan fingerprint density at radius 2 is 2.11 bits per heavy atom. The molecule has 12 heteroatoms. The third-order valence-electron chi connectivity index (χ3n) is 5.62. The second kappa shape index (κ2) is 11.6. The monoisotopic (exact) mass is 520 g/mol. The Kier molecular flexibility index (Phi) is 8.75. The number of ether oxygens (including phenoxy) is 1. The number of allylic oxidation sites excluding steroid dienone is 1. The first-order valence-corrected chi connectivity index (χ1v) is 13.2. The van der Waals surface area contributed by atoms with Crippen LogP contribution in [0.5, 0.6) is 5.75 Å². The number of aliphatic imine (C=N–C) groups is 2. The first-order valence-electron chi connectivity index (χ1n) is 11.3. The molecule has 0 saturated carbocycles. The van der Waals surface area contributed by atoms with Gasteiger partial charge in [0.05, 0.1) is 24.2 Å². The summed E-state index contributed by atoms with van der Waals surface area (Å²) in [6.07, 6.45) is 3.37. The standard InChI is InChI=1S/C24H30F2N6O3S/c1-6-15(2)32-9-10-35-23-19(26)11-18(12-20(23)32)22(16(3)25)31-24(27-4)30-21-8-7-17(13-28-21)14-29-36(5,33)34/h7-8,11-13,15,29H,4,6,9-10,14H2,1-3,5H3,(H,28,30,31)/b22-16+. The van der Waals surface area contributed by atoms with Crippen molar-refractivity contribution in [3.8, 4) is 5.75 Å². The van der Waals surface area contributed by atoms with Crippen molar-refractivity contribution < 1.29 is 21.9 Å². The third kappa shape index (κ3) is 6.85. The lowest BCUT2D eigenvalue weighted by molar-refractivity contribution is 0.285. The Bertz CT molecular complexity index is 1280. The average molecular weight is 521 g/mol. The van der Waals surface area contributed by atoms with Gasteiger partial charge in [-0.15, -0.1) is 0 Å². The predicted octanol–water partition coefficient (Wildman–Crippen LogP) is 3.90. The highest BCUT2D eigenvalue weighted by atomic mass is 32.2. The molecular weight excluding hydrogens is 490 g/mol. The number of hydrogen-bond donors (Lipinski definition) is 2. The van der Waals surface area contributed by atoms with Crippen LogP contribution in [0.4, 0.5) is 20.3 Å². The molecule has 1 aliphatic rings. The summed E-state index contributed by atoms with van der Waals surface area (Å²) < 4.78 is 60.1. The number of guanidine groups is 1. The number of fused-ring (bicyclic) bond motifs is 1. The van der Waals surface area contributed by atoms with Gasteiger partial charge in [-0.3, -0.25) is 0 Å². The fourth-order valence-corrected chi connectivity index (χ4v) is 4.04. The molecule has 0 fully saturated rings. The van der Waals surface area contributed by atoms with E-state index >= 15 is 0 Å². The van der Waals surface area contributed by atoms with Crippen molar-refractivity contribution in [2.45, 2.75) is 39.8 Å². The molecular formula is C24H30F2N6O3S. The van der Waals surface area contributed by atoms with Crippen molar-refractivity contribution in [1.82, 2.24) is 15.0 Å². The Hall–Kier alpha value is -3.38. The van der Waals surface area contributed by atoms with Gasteiger partial charge < -0.3 is 15.0 Å². The van der Waals surface area contributed by atoms with E-state index in [2.05, 4.69) is 31.7 Å². The van der Waals surface area contributed by atoms with E-state index in [-0.39, 0.29) is 41.4 Å². The van der Waals surface area contributed by atoms with Gasteiger partial charge in [-0.05, 0) is 50.7 Å². The van der Waals surface area contributed by atoms with E-state index in [1.54, 1.807) is 18.2 Å². The number of nitrogens with one attached hydrogen (secondary N) is 2. The molecule has 1 unspecified atom stereocenters. The largest absolute Gasteiger partial charge is 0.486 e. The summed E-state index contributed by atoms with van der Waals surface area (Å²) in [5.41, 5.74) is 1.41. The van der Waals surface area contributed by atoms with Crippen molar-refractivity contribution in [3.63, 3.8) is 0 Å². The van der Waals surface area contributed by atoms with Gasteiger partial charge in [0, 0.05) is 24.3 Å². The minimum atomic E-state index is -3.34. The van der Waals surface area contributed by atoms with Gasteiger partial charge in [-0.1, -0.05) is 13.0 Å². The predicted molar refractivity (Wildman–Crippen MR) is 138 cm³/mol. The molecule has 194 valence electrons. The molecule has 3 rings (SSSR count). The van der Waals surface area contributed by atoms with Crippen LogP contribution in [0.15, 0.2) is 46.3 Å². The summed E-state index contributed by atoms with van der Waals surface area (Å²) in [7, 11) is -3.34. The quantitative estimate of drug-likeness (QED) is 0.404. The van der Waals surface area contributed by atoms with E-state index in [0.717, 1.165) is 12.7 Å². The van der Waals surface area contributed by atoms with E-state index in [4.69, 9.17) is 4.74 Å². The van der Waals surface area contributed by atoms with E-state index < -0.39 is 21.7 Å². The lowest BCUT2D eigenvalue weighted by Gasteiger charge is -2.36. The number of anilines is 1. The number of halogens is 2. The molecule has 0 spiro atoms. The zero-order valence-electron chi connectivity index (χ0n) is 20.7. The third-order valence-corrected chi connectivity index (χ3v) is 6.29. The van der Waals surface area contributed by atoms with Crippen molar-refractivity contribution in [2.75, 3.05) is 24.3 Å². The highest BCUT2D eigenvalue weighted by Crippen LogP contribution is 2.38. The topological polar surface area (TPSA) is 108 Å². The molecule has 0 amide bonds. The Morgan fingerprint density at radius 1 is 1.36 bits per heavy atom. The number of hydrogen-bond acceptors (Lipinski definition) is 6. The van der Waals surface area contributed by atoms with Crippen molar-refractivity contribution in [2.24, 2.45) is 9.98 Å². The average Bonchev–Trinajstić information content (AvgIpc) is 2.84. The van der Waals surface area contributed by atoms with E-state index in [0.29, 0.717) is 24.4 Å². The van der Waals surface area contributed by atoms with Gasteiger partial charge in [0.25, 0.3) is 0 Å². The first kappa shape index (κ1) is 27.2. The van der Waals surface area contributed by atoms with E-state index in [1.807, 2.05) is 18.7 Å². The Morgan fingerprint density at radius 3 is 2.69 bits per heavy atom. The molecule has 9 nitrogen and oxygen atoms in total. The van der Waals surface area contributed by atoms with Gasteiger partial charge in [0.15, 0.2) is 17.4 Å². The maximum atomic E-state index is 15.0. The van der Waals surface area contributed by atoms with Gasteiger partial charge >= 0.3 is 0 Å². The van der Waals surface area contributed by atoms with Gasteiger partial charge in [-0.25, -0.2) is 31.9 Å². The first-order chi connectivity index (χ1) is 17.0. The summed E-state index contributed by atoms with van der Waals surface area (Å²) in [5, 5.41) is 2.79. The van der Waals surface area contributed by atoms with E-state index in [9.17, 15) is 17.2 Å². The maximum absolute atomic E-state index is 15.0. The smallest absolute Gasteiger partial charge is 0.228 e. The van der Waals surface area contributed by atoms with Gasteiger partial charge in [0.2, 0.25) is 16.0 Å². The molecule has 1 aromatic heterocycles. The zero-order valence-corrected chi connectivity index (χ0v) is 21.5. The number of aromatic nitrogens is 1. The van der Waals surface area contributed by atoms with Crippen LogP contribution in [-0.2, 0) is 16.6 Å². The summed E-state index contributed by atoms with van der Waals surface area (Å²) in [5.74, 6) is -0.873. The van der Waals surface area contributed by atoms with Gasteiger partial charge in [0.1, 0.15) is 12.4 Å². The van der Waals surface area contributed by atoms with Crippen molar-refractivity contribution in [1.29, 1.82) is 0 Å². The van der Waals surface area contributed by atoms with Crippen molar-refractivity contribution >= 4 is 39.9 Å². The summed E-state index contributed by atoms with van der Waals surface area (Å²) in [6, 6.07) is 6.22. The number of pyridine rings is 1. The Labute approximate surface area is 210 Å². The molecule has 0 radical (unpaired) electrons. The van der Waals surface area contributed by atoms with Crippen LogP contribution >= 0.6 is 0 Å². The number of nitrogens with zero attached hydrogens (tertiary/aromatic N) is 4. The lowest BCUT2D eigenvalue weighted by Crippen LogP contribution is -2.39. The number of sulfonamides is 1. The molecule has 0 saturated heterocycles. The van der Waals surface area contributed by atoms with Crippen LogP contribution < -0.4 is 19.7 Å². The van der Waals surface area contributed by atoms with Crippen LogP contribution in [-0.4, -0.2) is 51.5 Å². The summed E-state index contributed by atoms with van der Waals surface area (Å²) in [4.78, 5) is 14.3. The highest BCUT2D eigenvalue weighted by molar-refractivity contribution is 7.88. The molecule has 1 aromatic carbocycles. The Balaban J connectivity index is 1.89. The second-order valence-electron chi connectivity index (χ2n) is 8.35. The normalized spacial score (nSPS) is 15.5. The highest BCUT2D eigenvalue weighted by Gasteiger charge is 2.26. The summed E-state index contributed by atoms with van der Waals surface area (Å²) in [6.45, 7) is 9.83. The lowest BCUT2D eigenvalue weighted by atomic mass is 10.1. The zero-order chi connectivity index (χ0) is 26.5. The minimum absolute atomic E-state index is 0.0218. The van der Waals surface area contributed by atoms with Crippen LogP contribution in [0.25, 0.3) is 5.70 Å². The molecule has 0 bridgehead atoms.